The van der Waals surface area contributed by atoms with Crippen molar-refractivity contribution in [1.29, 1.82) is 0 Å². The first-order valence-corrected chi connectivity index (χ1v) is 6.94. The number of nitrogens with one attached hydrogen (secondary N) is 1. The Hall–Kier alpha value is -1.56. The van der Waals surface area contributed by atoms with Crippen molar-refractivity contribution in [2.45, 2.75) is 32.7 Å². The number of methoxy groups -OCH3 is 1. The maximum atomic E-state index is 12.1. The second-order valence-corrected chi connectivity index (χ2v) is 5.14. The van der Waals surface area contributed by atoms with E-state index in [9.17, 15) is 14.7 Å². The van der Waals surface area contributed by atoms with Gasteiger partial charge in [0.1, 0.15) is 6.04 Å². The van der Waals surface area contributed by atoms with Gasteiger partial charge in [0.05, 0.1) is 6.61 Å². The Bertz CT molecular complexity index is 381. The lowest BCUT2D eigenvalue weighted by Gasteiger charge is -2.29. The minimum atomic E-state index is -0.986. The van der Waals surface area contributed by atoms with Crippen molar-refractivity contribution in [3.8, 4) is 0 Å². The van der Waals surface area contributed by atoms with Crippen LogP contribution >= 0.6 is 0 Å². The number of nitrogens with zero attached hydrogens (tertiary/aromatic N) is 1. The summed E-state index contributed by atoms with van der Waals surface area (Å²) in [4.78, 5) is 24.9. The molecule has 6 nitrogen and oxygen atoms in total. The van der Waals surface area contributed by atoms with Crippen LogP contribution in [0.5, 0.6) is 0 Å². The van der Waals surface area contributed by atoms with Crippen molar-refractivity contribution >= 4 is 12.0 Å². The molecular formula is C14H24N2O4. The zero-order valence-corrected chi connectivity index (χ0v) is 12.4. The number of carbonyl (C=O) groups is 2. The number of carboxylic acid groups (broad SMARTS) is 1. The second-order valence-electron chi connectivity index (χ2n) is 5.14. The number of ether oxygens (including phenoxy) is 1. The highest BCUT2D eigenvalue weighted by molar-refractivity contribution is 5.83. The number of rotatable bonds is 6. The summed E-state index contributed by atoms with van der Waals surface area (Å²) >= 11 is 0. The molecule has 0 aromatic rings. The van der Waals surface area contributed by atoms with Gasteiger partial charge in [-0.3, -0.25) is 0 Å². The van der Waals surface area contributed by atoms with E-state index in [-0.39, 0.29) is 11.9 Å². The Morgan fingerprint density at radius 1 is 1.55 bits per heavy atom. The summed E-state index contributed by atoms with van der Waals surface area (Å²) in [5.41, 5.74) is 1.17. The summed E-state index contributed by atoms with van der Waals surface area (Å²) in [6.07, 6.45) is 3.43. The predicted molar refractivity (Wildman–Crippen MR) is 75.6 cm³/mol. The summed E-state index contributed by atoms with van der Waals surface area (Å²) in [5.74, 6) is -1.08. The molecule has 1 rings (SSSR count). The van der Waals surface area contributed by atoms with Gasteiger partial charge < -0.3 is 20.1 Å². The van der Waals surface area contributed by atoms with Gasteiger partial charge in [0.15, 0.2) is 0 Å². The first-order chi connectivity index (χ1) is 9.49. The molecule has 1 aliphatic rings. The van der Waals surface area contributed by atoms with Crippen LogP contribution in [0.3, 0.4) is 0 Å². The van der Waals surface area contributed by atoms with E-state index in [0.717, 1.165) is 6.42 Å². The van der Waals surface area contributed by atoms with Crippen LogP contribution in [0.2, 0.25) is 0 Å². The Morgan fingerprint density at radius 3 is 2.70 bits per heavy atom. The molecule has 0 aromatic heterocycles. The van der Waals surface area contributed by atoms with E-state index in [1.54, 1.807) is 12.0 Å². The van der Waals surface area contributed by atoms with Gasteiger partial charge in [-0.15, -0.1) is 0 Å². The highest BCUT2D eigenvalue weighted by atomic mass is 16.5. The topological polar surface area (TPSA) is 78.9 Å². The Morgan fingerprint density at radius 2 is 2.25 bits per heavy atom. The third kappa shape index (κ3) is 4.52. The lowest BCUT2D eigenvalue weighted by molar-refractivity contribution is -0.140. The summed E-state index contributed by atoms with van der Waals surface area (Å²) in [5, 5.41) is 11.8. The molecule has 0 aromatic carbocycles. The molecule has 0 bridgehead atoms. The fourth-order valence-corrected chi connectivity index (χ4v) is 2.12. The van der Waals surface area contributed by atoms with Crippen molar-refractivity contribution < 1.29 is 19.4 Å². The number of carboxylic acids is 1. The molecular weight excluding hydrogens is 260 g/mol. The normalized spacial score (nSPS) is 18.1. The predicted octanol–water partition coefficient (Wildman–Crippen LogP) is 1.47. The summed E-state index contributed by atoms with van der Waals surface area (Å²) in [6, 6.07) is -1.15. The smallest absolute Gasteiger partial charge is 0.326 e. The molecule has 2 atom stereocenters. The van der Waals surface area contributed by atoms with Crippen molar-refractivity contribution in [1.82, 2.24) is 10.2 Å². The minimum absolute atomic E-state index is 0.0964. The number of amides is 2. The molecule has 2 amide bonds. The molecule has 1 unspecified atom stereocenters. The van der Waals surface area contributed by atoms with E-state index < -0.39 is 12.0 Å². The second kappa shape index (κ2) is 7.89. The standard InChI is InChI=1S/C14H24N2O4/c1-4-10(2)12(13(17)18)15-14(19)16-7-5-11(6-8-16)9-20-3/h5,10,12H,4,6-9H2,1-3H3,(H,15,19)(H,17,18)/t10?,12-/m0/s1. The molecule has 2 N–H and O–H groups in total. The summed E-state index contributed by atoms with van der Waals surface area (Å²) in [7, 11) is 1.64. The zero-order valence-electron chi connectivity index (χ0n) is 12.4. The van der Waals surface area contributed by atoms with Crippen LogP contribution in [0.1, 0.15) is 26.7 Å². The molecule has 1 heterocycles. The van der Waals surface area contributed by atoms with Gasteiger partial charge >= 0.3 is 12.0 Å². The molecule has 0 radical (unpaired) electrons. The van der Waals surface area contributed by atoms with Gasteiger partial charge in [-0.05, 0) is 17.9 Å². The largest absolute Gasteiger partial charge is 0.480 e. The van der Waals surface area contributed by atoms with Gasteiger partial charge in [-0.2, -0.15) is 0 Å². The maximum absolute atomic E-state index is 12.1. The quantitative estimate of drug-likeness (QED) is 0.724. The molecule has 0 fully saturated rings. The minimum Gasteiger partial charge on any atom is -0.480 e. The van der Waals surface area contributed by atoms with Crippen LogP contribution in [-0.2, 0) is 9.53 Å². The van der Waals surface area contributed by atoms with Crippen LogP contribution in [0.25, 0.3) is 0 Å². The third-order valence-corrected chi connectivity index (χ3v) is 3.68. The van der Waals surface area contributed by atoms with Gasteiger partial charge in [-0.25, -0.2) is 9.59 Å². The molecule has 0 saturated heterocycles. The molecule has 0 saturated carbocycles. The molecule has 0 spiro atoms. The summed E-state index contributed by atoms with van der Waals surface area (Å²) in [6.45, 7) is 5.41. The lowest BCUT2D eigenvalue weighted by Crippen LogP contribution is -2.51. The Labute approximate surface area is 119 Å². The van der Waals surface area contributed by atoms with E-state index in [1.165, 1.54) is 5.57 Å². The monoisotopic (exact) mass is 284 g/mol. The van der Waals surface area contributed by atoms with Crippen molar-refractivity contribution in [3.63, 3.8) is 0 Å². The molecule has 6 heteroatoms. The average molecular weight is 284 g/mol. The van der Waals surface area contributed by atoms with Crippen LogP contribution in [0.15, 0.2) is 11.6 Å². The van der Waals surface area contributed by atoms with Gasteiger partial charge in [-0.1, -0.05) is 26.3 Å². The van der Waals surface area contributed by atoms with E-state index in [4.69, 9.17) is 4.74 Å². The van der Waals surface area contributed by atoms with E-state index >= 15 is 0 Å². The zero-order chi connectivity index (χ0) is 15.1. The molecule has 114 valence electrons. The van der Waals surface area contributed by atoms with E-state index in [2.05, 4.69) is 5.32 Å². The highest BCUT2D eigenvalue weighted by Gasteiger charge is 2.27. The third-order valence-electron chi connectivity index (χ3n) is 3.68. The Kier molecular flexibility index (Phi) is 6.51. The van der Waals surface area contributed by atoms with Crippen molar-refractivity contribution in [2.75, 3.05) is 26.8 Å². The van der Waals surface area contributed by atoms with Crippen molar-refractivity contribution in [2.24, 2.45) is 5.92 Å². The number of aliphatic carboxylic acids is 1. The fraction of sp³-hybridized carbons (Fsp3) is 0.714. The SMILES string of the molecule is CCC(C)[C@H](NC(=O)N1CC=C(COC)CC1)C(=O)O. The number of urea groups is 1. The van der Waals surface area contributed by atoms with Gasteiger partial charge in [0.2, 0.25) is 0 Å². The van der Waals surface area contributed by atoms with Crippen LogP contribution < -0.4 is 5.32 Å². The van der Waals surface area contributed by atoms with Crippen LogP contribution in [0, 0.1) is 5.92 Å². The number of hydrogen-bond donors (Lipinski definition) is 2. The van der Waals surface area contributed by atoms with Crippen LogP contribution in [-0.4, -0.2) is 54.9 Å². The first-order valence-electron chi connectivity index (χ1n) is 6.94. The maximum Gasteiger partial charge on any atom is 0.326 e. The van der Waals surface area contributed by atoms with Gasteiger partial charge in [0.25, 0.3) is 0 Å². The summed E-state index contributed by atoms with van der Waals surface area (Å²) < 4.78 is 5.05. The molecule has 1 aliphatic heterocycles. The van der Waals surface area contributed by atoms with Crippen molar-refractivity contribution in [3.05, 3.63) is 11.6 Å². The lowest BCUT2D eigenvalue weighted by atomic mass is 9.99. The number of carbonyl (C=O) groups excluding carboxylic acids is 1. The first kappa shape index (κ1) is 16.5. The molecule has 20 heavy (non-hydrogen) atoms. The number of hydrogen-bond acceptors (Lipinski definition) is 3. The molecule has 0 aliphatic carbocycles. The average Bonchev–Trinajstić information content (AvgIpc) is 2.44. The van der Waals surface area contributed by atoms with E-state index in [0.29, 0.717) is 26.1 Å². The Balaban J connectivity index is 2.56. The highest BCUT2D eigenvalue weighted by Crippen LogP contribution is 2.13. The fourth-order valence-electron chi connectivity index (χ4n) is 2.12. The van der Waals surface area contributed by atoms with Gasteiger partial charge in [0, 0.05) is 20.2 Å². The van der Waals surface area contributed by atoms with E-state index in [1.807, 2.05) is 19.9 Å². The van der Waals surface area contributed by atoms with Crippen LogP contribution in [0.4, 0.5) is 4.79 Å².